The lowest BCUT2D eigenvalue weighted by Crippen LogP contribution is -2.08. The second-order valence-corrected chi connectivity index (χ2v) is 3.88. The van der Waals surface area contributed by atoms with Gasteiger partial charge in [0.15, 0.2) is 0 Å². The van der Waals surface area contributed by atoms with E-state index in [1.54, 1.807) is 6.07 Å². The molecular formula is C11H12Cl2O2. The van der Waals surface area contributed by atoms with Gasteiger partial charge < -0.3 is 4.74 Å². The molecule has 0 atom stereocenters. The molecule has 82 valence electrons. The lowest BCUT2D eigenvalue weighted by Gasteiger charge is -2.11. The summed E-state index contributed by atoms with van der Waals surface area (Å²) in [7, 11) is 1.36. The van der Waals surface area contributed by atoms with Crippen LogP contribution in [0.1, 0.15) is 16.7 Å². The fraction of sp³-hybridized carbons (Fsp3) is 0.364. The number of rotatable bonds is 3. The molecule has 0 spiro atoms. The van der Waals surface area contributed by atoms with Crippen LogP contribution in [0.5, 0.6) is 0 Å². The molecule has 0 radical (unpaired) electrons. The van der Waals surface area contributed by atoms with Gasteiger partial charge in [0.1, 0.15) is 0 Å². The molecule has 0 heterocycles. The van der Waals surface area contributed by atoms with Crippen molar-refractivity contribution in [2.75, 3.05) is 7.11 Å². The van der Waals surface area contributed by atoms with Crippen LogP contribution in [0.4, 0.5) is 0 Å². The van der Waals surface area contributed by atoms with E-state index in [0.717, 1.165) is 16.7 Å². The highest BCUT2D eigenvalue weighted by Gasteiger charge is 2.13. The first-order valence-corrected chi connectivity index (χ1v) is 5.41. The quantitative estimate of drug-likeness (QED) is 0.606. The highest BCUT2D eigenvalue weighted by molar-refractivity contribution is 6.32. The number of hydrogen-bond acceptors (Lipinski definition) is 2. The van der Waals surface area contributed by atoms with E-state index in [1.165, 1.54) is 7.11 Å². The molecule has 15 heavy (non-hydrogen) atoms. The first-order chi connectivity index (χ1) is 7.10. The number of hydrogen-bond donors (Lipinski definition) is 0. The predicted octanol–water partition coefficient (Wildman–Crippen LogP) is 3.10. The van der Waals surface area contributed by atoms with Crippen molar-refractivity contribution >= 4 is 29.2 Å². The molecule has 1 aromatic rings. The van der Waals surface area contributed by atoms with Crippen LogP contribution < -0.4 is 0 Å². The molecule has 1 rings (SSSR count). The average Bonchev–Trinajstić information content (AvgIpc) is 2.23. The molecule has 0 saturated heterocycles. The van der Waals surface area contributed by atoms with E-state index in [4.69, 9.17) is 23.2 Å². The molecule has 2 nitrogen and oxygen atoms in total. The third-order valence-electron chi connectivity index (χ3n) is 2.29. The number of aryl methyl sites for hydroxylation is 1. The third kappa shape index (κ3) is 2.86. The van der Waals surface area contributed by atoms with E-state index in [1.807, 2.05) is 13.0 Å². The number of carbonyl (C=O) groups excluding carboxylic acids is 1. The zero-order valence-corrected chi connectivity index (χ0v) is 10.2. The summed E-state index contributed by atoms with van der Waals surface area (Å²) in [5.41, 5.74) is 2.67. The maximum absolute atomic E-state index is 11.2. The Bertz CT molecular complexity index is 375. The van der Waals surface area contributed by atoms with Crippen molar-refractivity contribution in [3.8, 4) is 0 Å². The van der Waals surface area contributed by atoms with E-state index < -0.39 is 0 Å². The lowest BCUT2D eigenvalue weighted by molar-refractivity contribution is -0.139. The van der Waals surface area contributed by atoms with E-state index >= 15 is 0 Å². The molecule has 4 heteroatoms. The van der Waals surface area contributed by atoms with Gasteiger partial charge in [-0.1, -0.05) is 17.7 Å². The van der Waals surface area contributed by atoms with E-state index in [9.17, 15) is 4.79 Å². The summed E-state index contributed by atoms with van der Waals surface area (Å²) in [6.07, 6.45) is 0.213. The maximum Gasteiger partial charge on any atom is 0.309 e. The van der Waals surface area contributed by atoms with Crippen molar-refractivity contribution in [2.45, 2.75) is 19.2 Å². The molecule has 0 aliphatic carbocycles. The molecule has 1 aromatic carbocycles. The molecule has 0 amide bonds. The number of methoxy groups -OCH3 is 1. The Balaban J connectivity index is 3.13. The van der Waals surface area contributed by atoms with Crippen LogP contribution in [-0.2, 0) is 21.8 Å². The van der Waals surface area contributed by atoms with Gasteiger partial charge in [-0.2, -0.15) is 0 Å². The van der Waals surface area contributed by atoms with E-state index in [2.05, 4.69) is 4.74 Å². The number of ether oxygens (including phenoxy) is 1. The molecule has 0 bridgehead atoms. The Morgan fingerprint density at radius 3 is 2.60 bits per heavy atom. The van der Waals surface area contributed by atoms with Crippen molar-refractivity contribution in [1.29, 1.82) is 0 Å². The Morgan fingerprint density at radius 2 is 2.07 bits per heavy atom. The van der Waals surface area contributed by atoms with Gasteiger partial charge in [0, 0.05) is 10.9 Å². The van der Waals surface area contributed by atoms with E-state index in [0.29, 0.717) is 10.9 Å². The van der Waals surface area contributed by atoms with Gasteiger partial charge in [0.25, 0.3) is 0 Å². The number of esters is 1. The molecule has 0 aliphatic rings. The topological polar surface area (TPSA) is 26.3 Å². The molecule has 0 N–H and O–H groups in total. The summed E-state index contributed by atoms with van der Waals surface area (Å²) in [4.78, 5) is 11.2. The van der Waals surface area contributed by atoms with Crippen LogP contribution in [0.2, 0.25) is 5.02 Å². The van der Waals surface area contributed by atoms with Crippen molar-refractivity contribution in [3.63, 3.8) is 0 Å². The fourth-order valence-corrected chi connectivity index (χ4v) is 2.01. The average molecular weight is 247 g/mol. The number of benzene rings is 1. The first kappa shape index (κ1) is 12.3. The highest BCUT2D eigenvalue weighted by atomic mass is 35.5. The van der Waals surface area contributed by atoms with Gasteiger partial charge in [0.05, 0.1) is 13.5 Å². The third-order valence-corrected chi connectivity index (χ3v) is 2.91. The minimum atomic E-state index is -0.285. The summed E-state index contributed by atoms with van der Waals surface area (Å²) < 4.78 is 4.62. The Hall–Kier alpha value is -0.730. The van der Waals surface area contributed by atoms with Crippen LogP contribution in [0.25, 0.3) is 0 Å². The van der Waals surface area contributed by atoms with Crippen molar-refractivity contribution in [3.05, 3.63) is 33.8 Å². The summed E-state index contributed by atoms with van der Waals surface area (Å²) in [5, 5.41) is 0.592. The van der Waals surface area contributed by atoms with Crippen LogP contribution in [0.3, 0.4) is 0 Å². The van der Waals surface area contributed by atoms with Crippen LogP contribution in [0, 0.1) is 6.92 Å². The predicted molar refractivity (Wildman–Crippen MR) is 61.5 cm³/mol. The van der Waals surface area contributed by atoms with Gasteiger partial charge in [0.2, 0.25) is 0 Å². The number of carbonyl (C=O) groups is 1. The van der Waals surface area contributed by atoms with Crippen molar-refractivity contribution in [2.24, 2.45) is 0 Å². The second kappa shape index (κ2) is 5.38. The van der Waals surface area contributed by atoms with Gasteiger partial charge >= 0.3 is 5.97 Å². The summed E-state index contributed by atoms with van der Waals surface area (Å²) in [5.74, 6) is 0.0130. The molecule has 0 aliphatic heterocycles. The summed E-state index contributed by atoms with van der Waals surface area (Å²) in [6, 6.07) is 3.66. The summed E-state index contributed by atoms with van der Waals surface area (Å²) >= 11 is 11.8. The monoisotopic (exact) mass is 246 g/mol. The molecular weight excluding hydrogens is 235 g/mol. The zero-order valence-electron chi connectivity index (χ0n) is 8.64. The lowest BCUT2D eigenvalue weighted by atomic mass is 10.00. The first-order valence-electron chi connectivity index (χ1n) is 4.49. The highest BCUT2D eigenvalue weighted by Crippen LogP contribution is 2.25. The van der Waals surface area contributed by atoms with Crippen LogP contribution >= 0.6 is 23.2 Å². The molecule has 0 fully saturated rings. The van der Waals surface area contributed by atoms with Crippen molar-refractivity contribution < 1.29 is 9.53 Å². The standard InChI is InChI=1S/C11H12Cl2O2/c1-7-3-4-10(13)9(6-12)8(7)5-11(14)15-2/h3-4H,5-6H2,1-2H3. The van der Waals surface area contributed by atoms with Gasteiger partial charge in [-0.3, -0.25) is 4.79 Å². The number of halogens is 2. The molecule has 0 saturated carbocycles. The van der Waals surface area contributed by atoms with E-state index in [-0.39, 0.29) is 12.4 Å². The molecule has 0 aromatic heterocycles. The van der Waals surface area contributed by atoms with Gasteiger partial charge in [-0.05, 0) is 29.7 Å². The number of alkyl halides is 1. The minimum absolute atomic E-state index is 0.213. The Morgan fingerprint density at radius 1 is 1.40 bits per heavy atom. The second-order valence-electron chi connectivity index (χ2n) is 3.21. The summed E-state index contributed by atoms with van der Waals surface area (Å²) in [6.45, 7) is 1.92. The fourth-order valence-electron chi connectivity index (χ4n) is 1.39. The zero-order chi connectivity index (χ0) is 11.4. The van der Waals surface area contributed by atoms with Crippen molar-refractivity contribution in [1.82, 2.24) is 0 Å². The smallest absolute Gasteiger partial charge is 0.309 e. The normalized spacial score (nSPS) is 10.1. The van der Waals surface area contributed by atoms with Crippen LogP contribution in [-0.4, -0.2) is 13.1 Å². The minimum Gasteiger partial charge on any atom is -0.469 e. The maximum atomic E-state index is 11.2. The Kier molecular flexibility index (Phi) is 4.43. The SMILES string of the molecule is COC(=O)Cc1c(C)ccc(Cl)c1CCl. The largest absolute Gasteiger partial charge is 0.469 e. The molecule has 0 unspecified atom stereocenters. The van der Waals surface area contributed by atoms with Gasteiger partial charge in [-0.25, -0.2) is 0 Å². The van der Waals surface area contributed by atoms with Crippen LogP contribution in [0.15, 0.2) is 12.1 Å². The Labute approximate surface area is 99.1 Å². The van der Waals surface area contributed by atoms with Gasteiger partial charge in [-0.15, -0.1) is 11.6 Å².